The fourth-order valence-electron chi connectivity index (χ4n) is 1.50. The number of nitrogens with one attached hydrogen (secondary N) is 1. The van der Waals surface area contributed by atoms with Gasteiger partial charge < -0.3 is 11.1 Å². The summed E-state index contributed by atoms with van der Waals surface area (Å²) in [6.07, 6.45) is 2.57. The van der Waals surface area contributed by atoms with Crippen LogP contribution in [0.25, 0.3) is 0 Å². The highest BCUT2D eigenvalue weighted by Gasteiger charge is 2.08. The van der Waals surface area contributed by atoms with Crippen LogP contribution in [-0.2, 0) is 10.8 Å². The summed E-state index contributed by atoms with van der Waals surface area (Å²) in [5.41, 5.74) is 7.45. The van der Waals surface area contributed by atoms with Gasteiger partial charge in [0.1, 0.15) is 4.99 Å². The van der Waals surface area contributed by atoms with E-state index in [1.165, 1.54) is 0 Å². The van der Waals surface area contributed by atoms with Gasteiger partial charge in [-0.2, -0.15) is 0 Å². The maximum atomic E-state index is 11.0. The molecule has 0 amide bonds. The van der Waals surface area contributed by atoms with E-state index in [-0.39, 0.29) is 6.04 Å². The van der Waals surface area contributed by atoms with Crippen molar-refractivity contribution in [3.63, 3.8) is 0 Å². The molecule has 0 spiro atoms. The van der Waals surface area contributed by atoms with E-state index in [9.17, 15) is 4.21 Å². The summed E-state index contributed by atoms with van der Waals surface area (Å²) in [4.78, 5) is 0.388. The summed E-state index contributed by atoms with van der Waals surface area (Å²) in [6.45, 7) is 2.06. The highest BCUT2D eigenvalue weighted by atomic mass is 32.2. The van der Waals surface area contributed by atoms with Crippen molar-refractivity contribution in [2.75, 3.05) is 17.3 Å². The molecule has 1 aromatic rings. The lowest BCUT2D eigenvalue weighted by Crippen LogP contribution is -2.21. The molecule has 3 nitrogen and oxygen atoms in total. The van der Waals surface area contributed by atoms with Gasteiger partial charge >= 0.3 is 0 Å². The van der Waals surface area contributed by atoms with E-state index in [0.29, 0.717) is 10.7 Å². The number of benzene rings is 1. The van der Waals surface area contributed by atoms with Crippen molar-refractivity contribution in [3.05, 3.63) is 29.8 Å². The number of thiocarbonyl (C=S) groups is 1. The number of hydrogen-bond donors (Lipinski definition) is 2. The first-order valence-electron chi connectivity index (χ1n) is 5.46. The van der Waals surface area contributed by atoms with Crippen LogP contribution in [-0.4, -0.2) is 27.2 Å². The van der Waals surface area contributed by atoms with Crippen LogP contribution in [0, 0.1) is 0 Å². The molecular formula is C12H18N2OS2. The van der Waals surface area contributed by atoms with Crippen molar-refractivity contribution >= 4 is 33.7 Å². The van der Waals surface area contributed by atoms with Crippen molar-refractivity contribution in [1.29, 1.82) is 0 Å². The van der Waals surface area contributed by atoms with Crippen LogP contribution in [0.2, 0.25) is 0 Å². The zero-order chi connectivity index (χ0) is 12.8. The second kappa shape index (κ2) is 6.71. The molecule has 2 atom stereocenters. The van der Waals surface area contributed by atoms with Gasteiger partial charge in [0, 0.05) is 40.1 Å². The third-order valence-corrected chi connectivity index (χ3v) is 3.46. The van der Waals surface area contributed by atoms with Crippen molar-refractivity contribution in [1.82, 2.24) is 0 Å². The first-order chi connectivity index (χ1) is 8.00. The Bertz CT molecular complexity index is 421. The number of para-hydroxylation sites is 1. The Hall–Kier alpha value is -0.940. The van der Waals surface area contributed by atoms with Gasteiger partial charge in [0.2, 0.25) is 0 Å². The lowest BCUT2D eigenvalue weighted by atomic mass is 10.1. The molecule has 1 aromatic carbocycles. The van der Waals surface area contributed by atoms with E-state index in [0.717, 1.165) is 17.7 Å². The Labute approximate surface area is 110 Å². The van der Waals surface area contributed by atoms with Gasteiger partial charge in [0.25, 0.3) is 0 Å². The van der Waals surface area contributed by atoms with Crippen LogP contribution >= 0.6 is 12.2 Å². The minimum atomic E-state index is -0.749. The Morgan fingerprint density at radius 1 is 1.53 bits per heavy atom. The van der Waals surface area contributed by atoms with Crippen molar-refractivity contribution in [2.24, 2.45) is 5.73 Å². The molecule has 0 aliphatic rings. The minimum Gasteiger partial charge on any atom is -0.389 e. The molecule has 0 fully saturated rings. The van der Waals surface area contributed by atoms with Gasteiger partial charge in [-0.25, -0.2) is 0 Å². The Morgan fingerprint density at radius 2 is 2.18 bits per heavy atom. The SMILES string of the molecule is CC(CCS(C)=O)Nc1ccccc1C(N)=S. The largest absolute Gasteiger partial charge is 0.389 e. The maximum absolute atomic E-state index is 11.0. The van der Waals surface area contributed by atoms with Crippen molar-refractivity contribution in [2.45, 2.75) is 19.4 Å². The van der Waals surface area contributed by atoms with E-state index in [4.69, 9.17) is 18.0 Å². The van der Waals surface area contributed by atoms with E-state index >= 15 is 0 Å². The molecule has 2 unspecified atom stereocenters. The Kier molecular flexibility index (Phi) is 5.58. The Balaban J connectivity index is 2.67. The van der Waals surface area contributed by atoms with Crippen LogP contribution in [0.1, 0.15) is 18.9 Å². The predicted octanol–water partition coefficient (Wildman–Crippen LogP) is 1.89. The summed E-state index contributed by atoms with van der Waals surface area (Å²) in [5.74, 6) is 0.698. The van der Waals surface area contributed by atoms with Gasteiger partial charge in [-0.1, -0.05) is 24.4 Å². The minimum absolute atomic E-state index is 0.245. The fourth-order valence-corrected chi connectivity index (χ4v) is 2.37. The van der Waals surface area contributed by atoms with Crippen LogP contribution in [0.4, 0.5) is 5.69 Å². The number of nitrogens with two attached hydrogens (primary N) is 1. The second-order valence-electron chi connectivity index (χ2n) is 4.02. The lowest BCUT2D eigenvalue weighted by molar-refractivity contribution is 0.678. The summed E-state index contributed by atoms with van der Waals surface area (Å²) in [7, 11) is -0.749. The third kappa shape index (κ3) is 4.83. The average molecular weight is 270 g/mol. The molecule has 94 valence electrons. The standard InChI is InChI=1S/C12H18N2OS2/c1-9(7-8-17(2)15)14-11-6-4-3-5-10(11)12(13)16/h3-6,9,14H,7-8H2,1-2H3,(H2,13,16). The van der Waals surface area contributed by atoms with Crippen molar-refractivity contribution < 1.29 is 4.21 Å². The van der Waals surface area contributed by atoms with Gasteiger partial charge in [0.05, 0.1) is 0 Å². The molecule has 0 saturated heterocycles. The number of hydrogen-bond acceptors (Lipinski definition) is 3. The van der Waals surface area contributed by atoms with Crippen LogP contribution in [0.5, 0.6) is 0 Å². The molecule has 0 bridgehead atoms. The highest BCUT2D eigenvalue weighted by molar-refractivity contribution is 7.84. The average Bonchev–Trinajstić information content (AvgIpc) is 2.27. The quantitative estimate of drug-likeness (QED) is 0.775. The molecular weight excluding hydrogens is 252 g/mol. The molecule has 0 aliphatic carbocycles. The van der Waals surface area contributed by atoms with E-state index in [1.54, 1.807) is 6.26 Å². The number of rotatable bonds is 6. The number of anilines is 1. The van der Waals surface area contributed by atoms with Gasteiger partial charge in [-0.15, -0.1) is 0 Å². The first kappa shape index (κ1) is 14.1. The normalized spacial score (nSPS) is 14.0. The predicted molar refractivity (Wildman–Crippen MR) is 79.0 cm³/mol. The van der Waals surface area contributed by atoms with Gasteiger partial charge in [-0.05, 0) is 25.5 Å². The molecule has 17 heavy (non-hydrogen) atoms. The highest BCUT2D eigenvalue weighted by Crippen LogP contribution is 2.16. The molecule has 1 rings (SSSR count). The smallest absolute Gasteiger partial charge is 0.106 e. The molecule has 0 radical (unpaired) electrons. The molecule has 3 N–H and O–H groups in total. The summed E-state index contributed by atoms with van der Waals surface area (Å²) in [6, 6.07) is 7.94. The monoisotopic (exact) mass is 270 g/mol. The Morgan fingerprint density at radius 3 is 2.76 bits per heavy atom. The fraction of sp³-hybridized carbons (Fsp3) is 0.417. The summed E-state index contributed by atoms with van der Waals surface area (Å²) in [5, 5.41) is 3.35. The maximum Gasteiger partial charge on any atom is 0.106 e. The lowest BCUT2D eigenvalue weighted by Gasteiger charge is -2.17. The van der Waals surface area contributed by atoms with Gasteiger partial charge in [0.15, 0.2) is 0 Å². The molecule has 0 heterocycles. The van der Waals surface area contributed by atoms with Gasteiger partial charge in [-0.3, -0.25) is 4.21 Å². The molecule has 0 aliphatic heterocycles. The summed E-state index contributed by atoms with van der Waals surface area (Å²) < 4.78 is 11.0. The third-order valence-electron chi connectivity index (χ3n) is 2.43. The van der Waals surface area contributed by atoms with Crippen molar-refractivity contribution in [3.8, 4) is 0 Å². The zero-order valence-corrected chi connectivity index (χ0v) is 11.7. The second-order valence-corrected chi connectivity index (χ2v) is 6.02. The first-order valence-corrected chi connectivity index (χ1v) is 7.59. The van der Waals surface area contributed by atoms with Crippen LogP contribution in [0.3, 0.4) is 0 Å². The van der Waals surface area contributed by atoms with E-state index in [2.05, 4.69) is 12.2 Å². The summed E-state index contributed by atoms with van der Waals surface area (Å²) >= 11 is 5.00. The van der Waals surface area contributed by atoms with Crippen LogP contribution < -0.4 is 11.1 Å². The topological polar surface area (TPSA) is 55.1 Å². The molecule has 5 heteroatoms. The van der Waals surface area contributed by atoms with E-state index in [1.807, 2.05) is 24.3 Å². The van der Waals surface area contributed by atoms with E-state index < -0.39 is 10.8 Å². The molecule has 0 aromatic heterocycles. The molecule has 0 saturated carbocycles. The zero-order valence-electron chi connectivity index (χ0n) is 10.1. The van der Waals surface area contributed by atoms with Crippen LogP contribution in [0.15, 0.2) is 24.3 Å².